The first-order valence-corrected chi connectivity index (χ1v) is 14.4. The molecule has 3 amide bonds. The van der Waals surface area contributed by atoms with Gasteiger partial charge in [0.1, 0.15) is 0 Å². The van der Waals surface area contributed by atoms with Crippen molar-refractivity contribution in [3.05, 3.63) is 95.1 Å². The maximum Gasteiger partial charge on any atom is 0.416 e. The van der Waals surface area contributed by atoms with E-state index in [-0.39, 0.29) is 30.6 Å². The summed E-state index contributed by atoms with van der Waals surface area (Å²) in [5.74, 6) is -0.0462. The summed E-state index contributed by atoms with van der Waals surface area (Å²) in [6.07, 6.45) is -5.35. The number of carbonyl (C=O) groups excluding carboxylic acids is 2. The van der Waals surface area contributed by atoms with Crippen LogP contribution in [-0.4, -0.2) is 52.8 Å². The van der Waals surface area contributed by atoms with Gasteiger partial charge in [-0.2, -0.15) is 26.3 Å². The molecule has 0 saturated carbocycles. The molecular weight excluding hydrogens is 584 g/mol. The third kappa shape index (κ3) is 5.97. The monoisotopic (exact) mass is 621 g/mol. The summed E-state index contributed by atoms with van der Waals surface area (Å²) in [6, 6.07) is 4.37. The highest BCUT2D eigenvalue weighted by Crippen LogP contribution is 2.50. The Morgan fingerprint density at radius 1 is 1.02 bits per heavy atom. The van der Waals surface area contributed by atoms with Gasteiger partial charge < -0.3 is 14.7 Å². The zero-order chi connectivity index (χ0) is 32.8. The lowest BCUT2D eigenvalue weighted by molar-refractivity contribution is -0.143. The van der Waals surface area contributed by atoms with Crippen LogP contribution in [-0.2, 0) is 17.1 Å². The van der Waals surface area contributed by atoms with Crippen LogP contribution in [0.25, 0.3) is 0 Å². The fraction of sp³-hybridized carbons (Fsp3) is 0.455. The van der Waals surface area contributed by atoms with Gasteiger partial charge in [-0.3, -0.25) is 4.79 Å². The molecule has 2 aliphatic rings. The summed E-state index contributed by atoms with van der Waals surface area (Å²) in [6.45, 7) is 13.3. The number of rotatable bonds is 7. The van der Waals surface area contributed by atoms with E-state index in [9.17, 15) is 35.9 Å². The Morgan fingerprint density at radius 2 is 1.59 bits per heavy atom. The van der Waals surface area contributed by atoms with Gasteiger partial charge in [-0.15, -0.1) is 13.2 Å². The molecule has 2 aliphatic heterocycles. The van der Waals surface area contributed by atoms with Crippen LogP contribution in [0.1, 0.15) is 71.7 Å². The van der Waals surface area contributed by atoms with Crippen molar-refractivity contribution in [3.63, 3.8) is 0 Å². The average molecular weight is 622 g/mol. The molecule has 0 N–H and O–H groups in total. The van der Waals surface area contributed by atoms with E-state index in [1.807, 2.05) is 32.0 Å². The second kappa shape index (κ2) is 12.0. The fourth-order valence-electron chi connectivity index (χ4n) is 6.64. The van der Waals surface area contributed by atoms with Gasteiger partial charge in [-0.25, -0.2) is 4.79 Å². The number of carbonyl (C=O) groups is 2. The number of benzene rings is 2. The van der Waals surface area contributed by atoms with Crippen LogP contribution in [0.4, 0.5) is 31.1 Å². The van der Waals surface area contributed by atoms with Crippen molar-refractivity contribution in [2.45, 2.75) is 70.5 Å². The topological polar surface area (TPSA) is 43.9 Å². The molecule has 2 fully saturated rings. The van der Waals surface area contributed by atoms with E-state index >= 15 is 0 Å². The third-order valence-electron chi connectivity index (χ3n) is 9.25. The predicted molar refractivity (Wildman–Crippen MR) is 156 cm³/mol. The first kappa shape index (κ1) is 33.1. The molecule has 0 aliphatic carbocycles. The van der Waals surface area contributed by atoms with Crippen LogP contribution in [0.2, 0.25) is 0 Å². The number of piperazine rings is 1. The number of alkyl halides is 6. The molecule has 11 heteroatoms. The van der Waals surface area contributed by atoms with Crippen molar-refractivity contribution in [3.8, 4) is 0 Å². The Bertz CT molecular complexity index is 1410. The maximum absolute atomic E-state index is 14.2. The Hall–Kier alpha value is -3.76. The predicted octanol–water partition coefficient (Wildman–Crippen LogP) is 8.25. The minimum absolute atomic E-state index is 0.0462. The fourth-order valence-corrected chi connectivity index (χ4v) is 6.64. The summed E-state index contributed by atoms with van der Waals surface area (Å²) in [7, 11) is 1.37. The van der Waals surface area contributed by atoms with Crippen LogP contribution in [0, 0.1) is 19.3 Å². The van der Waals surface area contributed by atoms with Crippen LogP contribution < -0.4 is 0 Å². The van der Waals surface area contributed by atoms with Crippen molar-refractivity contribution in [1.29, 1.82) is 0 Å². The number of halogens is 6. The third-order valence-corrected chi connectivity index (χ3v) is 9.25. The first-order valence-electron chi connectivity index (χ1n) is 14.4. The van der Waals surface area contributed by atoms with Crippen molar-refractivity contribution >= 4 is 11.9 Å². The van der Waals surface area contributed by atoms with Crippen molar-refractivity contribution in [2.24, 2.45) is 5.41 Å². The van der Waals surface area contributed by atoms with Gasteiger partial charge in [0.15, 0.2) is 0 Å². The van der Waals surface area contributed by atoms with Crippen molar-refractivity contribution in [2.75, 3.05) is 20.1 Å². The van der Waals surface area contributed by atoms with Crippen molar-refractivity contribution < 1.29 is 35.9 Å². The van der Waals surface area contributed by atoms with Crippen LogP contribution in [0.15, 0.2) is 61.7 Å². The Labute approximate surface area is 253 Å². The quantitative estimate of drug-likeness (QED) is 0.231. The van der Waals surface area contributed by atoms with E-state index < -0.39 is 53.1 Å². The Balaban J connectivity index is 1.77. The SMILES string of the molecule is C=CCC1(CC=C)C[C@H]2[C@H](c3cccc(C)c3C)N(C(=O)N(C)[C@H](C)c3cc(C(F)(F)F)cc(C(F)(F)F)c3)CCN2C1=O. The molecule has 0 unspecified atom stereocenters. The highest BCUT2D eigenvalue weighted by atomic mass is 19.4. The maximum atomic E-state index is 14.2. The van der Waals surface area contributed by atoms with E-state index in [0.29, 0.717) is 31.4 Å². The molecule has 2 saturated heterocycles. The van der Waals surface area contributed by atoms with Gasteiger partial charge in [0.2, 0.25) is 5.91 Å². The summed E-state index contributed by atoms with van der Waals surface area (Å²) in [4.78, 5) is 32.6. The number of fused-ring (bicyclic) bond motifs is 1. The normalized spacial score (nSPS) is 20.7. The largest absolute Gasteiger partial charge is 0.416 e. The van der Waals surface area contributed by atoms with Gasteiger partial charge in [0, 0.05) is 20.1 Å². The zero-order valence-corrected chi connectivity index (χ0v) is 25.2. The number of amides is 3. The van der Waals surface area contributed by atoms with Crippen LogP contribution in [0.3, 0.4) is 0 Å². The van der Waals surface area contributed by atoms with Crippen LogP contribution in [0.5, 0.6) is 0 Å². The molecule has 0 spiro atoms. The van der Waals surface area contributed by atoms with E-state index in [1.54, 1.807) is 22.0 Å². The van der Waals surface area contributed by atoms with E-state index in [1.165, 1.54) is 18.9 Å². The Kier molecular flexibility index (Phi) is 9.01. The molecule has 4 rings (SSSR count). The Morgan fingerprint density at radius 3 is 2.11 bits per heavy atom. The number of aryl methyl sites for hydroxylation is 1. The average Bonchev–Trinajstić information content (AvgIpc) is 3.23. The highest BCUT2D eigenvalue weighted by molar-refractivity contribution is 5.87. The smallest absolute Gasteiger partial charge is 0.335 e. The molecule has 2 aromatic carbocycles. The van der Waals surface area contributed by atoms with Gasteiger partial charge >= 0.3 is 18.4 Å². The lowest BCUT2D eigenvalue weighted by Crippen LogP contribution is -2.57. The zero-order valence-electron chi connectivity index (χ0n) is 25.2. The molecule has 44 heavy (non-hydrogen) atoms. The van der Waals surface area contributed by atoms with E-state index in [4.69, 9.17) is 0 Å². The molecule has 3 atom stereocenters. The molecule has 2 aromatic rings. The van der Waals surface area contributed by atoms with Crippen LogP contribution >= 0.6 is 0 Å². The number of urea groups is 1. The van der Waals surface area contributed by atoms with E-state index in [0.717, 1.165) is 16.7 Å². The molecule has 238 valence electrons. The second-order valence-corrected chi connectivity index (χ2v) is 11.9. The molecule has 0 aromatic heterocycles. The molecule has 0 bridgehead atoms. The van der Waals surface area contributed by atoms with Crippen molar-refractivity contribution in [1.82, 2.24) is 14.7 Å². The van der Waals surface area contributed by atoms with Gasteiger partial charge in [-0.1, -0.05) is 30.4 Å². The minimum atomic E-state index is -5.01. The number of allylic oxidation sites excluding steroid dienone is 2. The second-order valence-electron chi connectivity index (χ2n) is 11.9. The first-order chi connectivity index (χ1) is 20.5. The summed E-state index contributed by atoms with van der Waals surface area (Å²) in [5, 5.41) is 0. The molecular formula is C33H37F6N3O2. The summed E-state index contributed by atoms with van der Waals surface area (Å²) >= 11 is 0. The van der Waals surface area contributed by atoms with E-state index in [2.05, 4.69) is 13.2 Å². The minimum Gasteiger partial charge on any atom is -0.335 e. The van der Waals surface area contributed by atoms with Gasteiger partial charge in [0.25, 0.3) is 0 Å². The molecule has 0 radical (unpaired) electrons. The molecule has 2 heterocycles. The summed E-state index contributed by atoms with van der Waals surface area (Å²) < 4.78 is 81.5. The highest BCUT2D eigenvalue weighted by Gasteiger charge is 2.56. The lowest BCUT2D eigenvalue weighted by atomic mass is 9.76. The molecule has 5 nitrogen and oxygen atoms in total. The standard InChI is InChI=1S/C33H37F6N3O2/c1-7-12-31(13-8-2)19-27-28(26-11-9-10-20(3)21(26)4)42(15-14-41(27)29(31)43)30(44)40(6)22(5)23-16-24(32(34,35)36)18-25(17-23)33(37,38)39/h7-11,16-18,22,27-28H,1-2,12-15,19H2,3-6H3/t22-,27+,28+/m1/s1. The number of hydrogen-bond donors (Lipinski definition) is 0. The lowest BCUT2D eigenvalue weighted by Gasteiger charge is -2.47. The number of hydrogen-bond acceptors (Lipinski definition) is 2. The van der Waals surface area contributed by atoms with Gasteiger partial charge in [-0.05, 0) is 80.5 Å². The number of nitrogens with zero attached hydrogens (tertiary/aromatic N) is 3. The summed E-state index contributed by atoms with van der Waals surface area (Å²) in [5.41, 5.74) is -1.22. The van der Waals surface area contributed by atoms with Gasteiger partial charge in [0.05, 0.1) is 34.7 Å².